The molecule has 0 aliphatic heterocycles. The minimum Gasteiger partial charge on any atom is -0.466 e. The van der Waals surface area contributed by atoms with Crippen LogP contribution in [-0.4, -0.2) is 35.5 Å². The predicted molar refractivity (Wildman–Crippen MR) is 89.4 cm³/mol. The van der Waals surface area contributed by atoms with Gasteiger partial charge in [0.15, 0.2) is 0 Å². The van der Waals surface area contributed by atoms with Gasteiger partial charge in [0.25, 0.3) is 0 Å². The highest BCUT2D eigenvalue weighted by molar-refractivity contribution is 5.82. The first-order valence-corrected chi connectivity index (χ1v) is 7.73. The molecule has 2 N–H and O–H groups in total. The average molecular weight is 310 g/mol. The van der Waals surface area contributed by atoms with E-state index in [0.717, 1.165) is 24.0 Å². The molecule has 0 heterocycles. The second-order valence-corrected chi connectivity index (χ2v) is 5.80. The summed E-state index contributed by atoms with van der Waals surface area (Å²) in [5.41, 5.74) is 1.83. The number of allylic oxidation sites excluding steroid dienone is 3. The van der Waals surface area contributed by atoms with E-state index in [1.54, 1.807) is 13.0 Å². The lowest BCUT2D eigenvalue weighted by molar-refractivity contribution is -0.134. The molecule has 4 heteroatoms. The zero-order valence-electron chi connectivity index (χ0n) is 14.4. The van der Waals surface area contributed by atoms with Crippen LogP contribution in [0.3, 0.4) is 0 Å². The van der Waals surface area contributed by atoms with Crippen LogP contribution in [0.25, 0.3) is 0 Å². The van der Waals surface area contributed by atoms with E-state index in [-0.39, 0.29) is 12.0 Å². The number of carbonyl (C=O) groups excluding carboxylic acids is 1. The molecule has 0 saturated carbocycles. The minimum absolute atomic E-state index is 0.256. The molecule has 0 aromatic heterocycles. The highest BCUT2D eigenvalue weighted by atomic mass is 16.5. The van der Waals surface area contributed by atoms with E-state index in [4.69, 9.17) is 0 Å². The standard InChI is InChI=1S/C18H30O4/c1-13(10-12-18(21)22-5)9-11-17(20)15(3)8-6-7-14(2)16(4)19/h8-10,12,14,16-17,19-20H,6-7,11H2,1-5H3/b12-10+,13-9+,15-8+/t14-,16+,17-/m0/s1. The summed E-state index contributed by atoms with van der Waals surface area (Å²) in [4.78, 5) is 11.0. The zero-order valence-corrected chi connectivity index (χ0v) is 14.4. The third-order valence-corrected chi connectivity index (χ3v) is 3.78. The van der Waals surface area contributed by atoms with Crippen LogP contribution >= 0.6 is 0 Å². The zero-order chi connectivity index (χ0) is 17.1. The number of hydrogen-bond acceptors (Lipinski definition) is 4. The number of hydrogen-bond donors (Lipinski definition) is 2. The fraction of sp³-hybridized carbons (Fsp3) is 0.611. The number of rotatable bonds is 9. The molecule has 0 fully saturated rings. The maximum Gasteiger partial charge on any atom is 0.330 e. The van der Waals surface area contributed by atoms with Crippen LogP contribution in [-0.2, 0) is 9.53 Å². The minimum atomic E-state index is -0.525. The lowest BCUT2D eigenvalue weighted by Crippen LogP contribution is -2.12. The van der Waals surface area contributed by atoms with Crippen molar-refractivity contribution in [2.24, 2.45) is 5.92 Å². The Hall–Kier alpha value is -1.39. The Morgan fingerprint density at radius 2 is 1.77 bits per heavy atom. The summed E-state index contributed by atoms with van der Waals surface area (Å²) in [7, 11) is 1.34. The Labute approximate surface area is 134 Å². The van der Waals surface area contributed by atoms with Gasteiger partial charge in [-0.1, -0.05) is 30.7 Å². The Bertz CT molecular complexity index is 419. The fourth-order valence-corrected chi connectivity index (χ4v) is 1.77. The Morgan fingerprint density at radius 1 is 1.14 bits per heavy atom. The molecule has 126 valence electrons. The molecule has 0 aromatic rings. The topological polar surface area (TPSA) is 66.8 Å². The van der Waals surface area contributed by atoms with Crippen LogP contribution < -0.4 is 0 Å². The number of ether oxygens (including phenoxy) is 1. The molecule has 3 atom stereocenters. The molecule has 0 aliphatic rings. The number of aliphatic hydroxyl groups is 2. The van der Waals surface area contributed by atoms with E-state index in [0.29, 0.717) is 6.42 Å². The van der Waals surface area contributed by atoms with Gasteiger partial charge >= 0.3 is 5.97 Å². The van der Waals surface area contributed by atoms with Crippen molar-refractivity contribution in [2.45, 2.75) is 59.2 Å². The summed E-state index contributed by atoms with van der Waals surface area (Å²) in [6.45, 7) is 7.59. The molecule has 0 spiro atoms. The van der Waals surface area contributed by atoms with Crippen LogP contribution in [0.5, 0.6) is 0 Å². The lowest BCUT2D eigenvalue weighted by Gasteiger charge is -2.14. The third-order valence-electron chi connectivity index (χ3n) is 3.78. The van der Waals surface area contributed by atoms with E-state index >= 15 is 0 Å². The molecule has 0 radical (unpaired) electrons. The summed E-state index contributed by atoms with van der Waals surface area (Å²) in [6.07, 6.45) is 8.37. The van der Waals surface area contributed by atoms with Crippen molar-refractivity contribution in [3.63, 3.8) is 0 Å². The second kappa shape index (κ2) is 11.2. The fourth-order valence-electron chi connectivity index (χ4n) is 1.77. The molecule has 0 unspecified atom stereocenters. The molecule has 0 saturated heterocycles. The SMILES string of the molecule is COC(=O)/C=C/C(C)=C/C[C@H](O)/C(C)=C/CC[C@H](C)[C@@H](C)O. The Balaban J connectivity index is 4.31. The van der Waals surface area contributed by atoms with Gasteiger partial charge in [-0.2, -0.15) is 0 Å². The molecular formula is C18H30O4. The van der Waals surface area contributed by atoms with Crippen molar-refractivity contribution in [3.8, 4) is 0 Å². The van der Waals surface area contributed by atoms with Crippen molar-refractivity contribution < 1.29 is 19.7 Å². The van der Waals surface area contributed by atoms with Gasteiger partial charge in [0.1, 0.15) is 0 Å². The third kappa shape index (κ3) is 9.53. The molecular weight excluding hydrogens is 280 g/mol. The van der Waals surface area contributed by atoms with Crippen LogP contribution in [0.1, 0.15) is 47.0 Å². The largest absolute Gasteiger partial charge is 0.466 e. The first kappa shape index (κ1) is 20.6. The van der Waals surface area contributed by atoms with E-state index in [9.17, 15) is 15.0 Å². The summed E-state index contributed by atoms with van der Waals surface area (Å²) < 4.78 is 4.52. The van der Waals surface area contributed by atoms with Crippen LogP contribution in [0, 0.1) is 5.92 Å². The van der Waals surface area contributed by atoms with E-state index in [1.165, 1.54) is 13.2 Å². The molecule has 0 aliphatic carbocycles. The van der Waals surface area contributed by atoms with Gasteiger partial charge in [0.05, 0.1) is 19.3 Å². The smallest absolute Gasteiger partial charge is 0.330 e. The van der Waals surface area contributed by atoms with E-state index < -0.39 is 12.1 Å². The number of carbonyl (C=O) groups is 1. The van der Waals surface area contributed by atoms with E-state index in [2.05, 4.69) is 4.74 Å². The first-order chi connectivity index (χ1) is 10.3. The number of methoxy groups -OCH3 is 1. The highest BCUT2D eigenvalue weighted by Gasteiger charge is 2.08. The molecule has 0 aromatic carbocycles. The molecule has 0 rings (SSSR count). The van der Waals surface area contributed by atoms with Crippen molar-refractivity contribution >= 4 is 5.97 Å². The lowest BCUT2D eigenvalue weighted by atomic mass is 9.98. The molecule has 22 heavy (non-hydrogen) atoms. The van der Waals surface area contributed by atoms with Crippen molar-refractivity contribution in [1.82, 2.24) is 0 Å². The van der Waals surface area contributed by atoms with Gasteiger partial charge in [0.2, 0.25) is 0 Å². The highest BCUT2D eigenvalue weighted by Crippen LogP contribution is 2.14. The van der Waals surface area contributed by atoms with Gasteiger partial charge in [-0.05, 0) is 51.5 Å². The number of aliphatic hydroxyl groups excluding tert-OH is 2. The van der Waals surface area contributed by atoms with Gasteiger partial charge in [-0.3, -0.25) is 0 Å². The molecule has 4 nitrogen and oxygen atoms in total. The van der Waals surface area contributed by atoms with Crippen LogP contribution in [0.4, 0.5) is 0 Å². The molecule has 0 bridgehead atoms. The van der Waals surface area contributed by atoms with Gasteiger partial charge < -0.3 is 14.9 Å². The van der Waals surface area contributed by atoms with Crippen molar-refractivity contribution in [1.29, 1.82) is 0 Å². The van der Waals surface area contributed by atoms with Gasteiger partial charge in [0, 0.05) is 6.08 Å². The summed E-state index contributed by atoms with van der Waals surface area (Å²) in [6, 6.07) is 0. The first-order valence-electron chi connectivity index (χ1n) is 7.73. The summed E-state index contributed by atoms with van der Waals surface area (Å²) >= 11 is 0. The Morgan fingerprint density at radius 3 is 2.32 bits per heavy atom. The van der Waals surface area contributed by atoms with Crippen molar-refractivity contribution in [3.05, 3.63) is 35.5 Å². The van der Waals surface area contributed by atoms with Gasteiger partial charge in [-0.15, -0.1) is 0 Å². The molecule has 0 amide bonds. The maximum atomic E-state index is 11.0. The second-order valence-electron chi connectivity index (χ2n) is 5.80. The summed E-state index contributed by atoms with van der Waals surface area (Å²) in [5, 5.41) is 19.5. The maximum absolute atomic E-state index is 11.0. The van der Waals surface area contributed by atoms with Crippen LogP contribution in [0.15, 0.2) is 35.5 Å². The summed E-state index contributed by atoms with van der Waals surface area (Å²) in [5.74, 6) is -0.136. The normalized spacial score (nSPS) is 17.4. The Kier molecular flexibility index (Phi) is 10.5. The monoisotopic (exact) mass is 310 g/mol. The average Bonchev–Trinajstić information content (AvgIpc) is 2.49. The van der Waals surface area contributed by atoms with Crippen LogP contribution in [0.2, 0.25) is 0 Å². The predicted octanol–water partition coefficient (Wildman–Crippen LogP) is 3.16. The van der Waals surface area contributed by atoms with Gasteiger partial charge in [-0.25, -0.2) is 4.79 Å². The number of esters is 1. The van der Waals surface area contributed by atoms with E-state index in [1.807, 2.05) is 32.9 Å². The van der Waals surface area contributed by atoms with Crippen molar-refractivity contribution in [2.75, 3.05) is 7.11 Å². The quantitative estimate of drug-likeness (QED) is 0.297.